The molecule has 1 fully saturated rings. The first kappa shape index (κ1) is 14.2. The third-order valence-electron chi connectivity index (χ3n) is 3.72. The third kappa shape index (κ3) is 3.11. The normalized spacial score (nSPS) is 20.5. The van der Waals surface area contributed by atoms with Crippen molar-refractivity contribution in [2.75, 3.05) is 19.3 Å². The maximum atomic E-state index is 11.7. The predicted octanol–water partition coefficient (Wildman–Crippen LogP) is 1.01. The minimum absolute atomic E-state index is 0.108. The number of aromatic amines is 1. The number of rotatable bonds is 3. The molecule has 7 nitrogen and oxygen atoms in total. The lowest BCUT2D eigenvalue weighted by molar-refractivity contribution is 0.314. The van der Waals surface area contributed by atoms with Crippen LogP contribution >= 0.6 is 0 Å². The van der Waals surface area contributed by atoms with E-state index in [9.17, 15) is 8.42 Å². The number of hydrogen-bond donors (Lipinski definition) is 1. The molecule has 0 amide bonds. The number of sulfonamides is 1. The Hall–Kier alpha value is -1.80. The molecule has 8 heteroatoms. The molecular weight excluding hydrogens is 290 g/mol. The number of piperidine rings is 1. The van der Waals surface area contributed by atoms with Crippen LogP contribution in [0.3, 0.4) is 0 Å². The highest BCUT2D eigenvalue weighted by atomic mass is 32.2. The number of hydrogen-bond acceptors (Lipinski definition) is 5. The Morgan fingerprint density at radius 3 is 2.81 bits per heavy atom. The van der Waals surface area contributed by atoms with Gasteiger partial charge in [-0.3, -0.25) is 15.1 Å². The van der Waals surface area contributed by atoms with Crippen molar-refractivity contribution in [3.63, 3.8) is 0 Å². The highest BCUT2D eigenvalue weighted by Gasteiger charge is 2.27. The van der Waals surface area contributed by atoms with Gasteiger partial charge in [0.2, 0.25) is 10.0 Å². The Morgan fingerprint density at radius 1 is 1.33 bits per heavy atom. The van der Waals surface area contributed by atoms with Crippen LogP contribution in [0.1, 0.15) is 24.5 Å². The molecule has 21 heavy (non-hydrogen) atoms. The molecule has 1 saturated heterocycles. The molecule has 1 unspecified atom stereocenters. The molecule has 0 radical (unpaired) electrons. The predicted molar refractivity (Wildman–Crippen MR) is 78.0 cm³/mol. The van der Waals surface area contributed by atoms with Gasteiger partial charge in [0, 0.05) is 31.4 Å². The molecular formula is C13H17N5O2S. The molecule has 0 aromatic carbocycles. The third-order valence-corrected chi connectivity index (χ3v) is 4.99. The summed E-state index contributed by atoms with van der Waals surface area (Å²) in [7, 11) is -3.14. The van der Waals surface area contributed by atoms with Crippen LogP contribution in [0, 0.1) is 0 Å². The fraction of sp³-hybridized carbons (Fsp3) is 0.462. The molecule has 0 aliphatic carbocycles. The molecule has 112 valence electrons. The van der Waals surface area contributed by atoms with Crippen molar-refractivity contribution in [2.45, 2.75) is 18.8 Å². The molecule has 0 spiro atoms. The first-order valence-electron chi connectivity index (χ1n) is 6.81. The average Bonchev–Trinajstić information content (AvgIpc) is 3.01. The van der Waals surface area contributed by atoms with Gasteiger partial charge in [-0.05, 0) is 18.9 Å². The number of H-pyrrole nitrogens is 1. The lowest BCUT2D eigenvalue weighted by Crippen LogP contribution is -2.38. The summed E-state index contributed by atoms with van der Waals surface area (Å²) in [6.07, 6.45) is 8.12. The van der Waals surface area contributed by atoms with E-state index in [2.05, 4.69) is 20.2 Å². The van der Waals surface area contributed by atoms with Gasteiger partial charge < -0.3 is 0 Å². The summed E-state index contributed by atoms with van der Waals surface area (Å²) in [4.78, 5) is 8.82. The zero-order valence-corrected chi connectivity index (χ0v) is 12.5. The minimum atomic E-state index is -3.14. The molecule has 0 bridgehead atoms. The second-order valence-electron chi connectivity index (χ2n) is 5.26. The second kappa shape index (κ2) is 5.53. The summed E-state index contributed by atoms with van der Waals surface area (Å²) in [5.41, 5.74) is 2.38. The zero-order chi connectivity index (χ0) is 14.9. The maximum Gasteiger partial charge on any atom is 0.211 e. The van der Waals surface area contributed by atoms with Crippen LogP contribution in [0.2, 0.25) is 0 Å². The van der Waals surface area contributed by atoms with E-state index in [0.29, 0.717) is 13.1 Å². The summed E-state index contributed by atoms with van der Waals surface area (Å²) in [5.74, 6) is 0.108. The van der Waals surface area contributed by atoms with Crippen molar-refractivity contribution >= 4 is 10.0 Å². The van der Waals surface area contributed by atoms with E-state index >= 15 is 0 Å². The van der Waals surface area contributed by atoms with Gasteiger partial charge in [-0.15, -0.1) is 0 Å². The van der Waals surface area contributed by atoms with E-state index in [1.807, 2.05) is 6.07 Å². The van der Waals surface area contributed by atoms with E-state index in [0.717, 1.165) is 29.9 Å². The Morgan fingerprint density at radius 2 is 2.19 bits per heavy atom. The standard InChI is InChI=1S/C13H17N5O2S/c1-21(19,20)18-6-2-3-10(9-18)12-7-15-13(8-14-12)11-4-5-16-17-11/h4-5,7-8,10H,2-3,6,9H2,1H3,(H,16,17). The van der Waals surface area contributed by atoms with Crippen molar-refractivity contribution in [3.05, 3.63) is 30.4 Å². The molecule has 1 aliphatic rings. The van der Waals surface area contributed by atoms with Crippen LogP contribution in [0.15, 0.2) is 24.7 Å². The van der Waals surface area contributed by atoms with Crippen LogP contribution < -0.4 is 0 Å². The molecule has 2 aromatic rings. The van der Waals surface area contributed by atoms with Crippen molar-refractivity contribution in [3.8, 4) is 11.4 Å². The smallest absolute Gasteiger partial charge is 0.211 e. The van der Waals surface area contributed by atoms with Gasteiger partial charge in [0.1, 0.15) is 5.69 Å². The number of aromatic nitrogens is 4. The molecule has 3 heterocycles. The van der Waals surface area contributed by atoms with Crippen LogP contribution in [-0.4, -0.2) is 52.2 Å². The fourth-order valence-corrected chi connectivity index (χ4v) is 3.48. The van der Waals surface area contributed by atoms with E-state index in [-0.39, 0.29) is 5.92 Å². The van der Waals surface area contributed by atoms with Gasteiger partial charge in [0.25, 0.3) is 0 Å². The lowest BCUT2D eigenvalue weighted by atomic mass is 9.96. The zero-order valence-electron chi connectivity index (χ0n) is 11.7. The van der Waals surface area contributed by atoms with Crippen LogP contribution in [0.5, 0.6) is 0 Å². The molecule has 1 N–H and O–H groups in total. The van der Waals surface area contributed by atoms with E-state index in [4.69, 9.17) is 0 Å². The Kier molecular flexibility index (Phi) is 3.73. The number of nitrogens with one attached hydrogen (secondary N) is 1. The van der Waals surface area contributed by atoms with Gasteiger partial charge in [0.05, 0.1) is 23.8 Å². The number of nitrogens with zero attached hydrogens (tertiary/aromatic N) is 4. The van der Waals surface area contributed by atoms with Crippen LogP contribution in [-0.2, 0) is 10.0 Å². The summed E-state index contributed by atoms with van der Waals surface area (Å²) < 4.78 is 24.8. The van der Waals surface area contributed by atoms with Crippen LogP contribution in [0.25, 0.3) is 11.4 Å². The van der Waals surface area contributed by atoms with Crippen molar-refractivity contribution in [1.82, 2.24) is 24.5 Å². The maximum absolute atomic E-state index is 11.7. The topological polar surface area (TPSA) is 91.8 Å². The molecule has 1 aliphatic heterocycles. The minimum Gasteiger partial charge on any atom is -0.276 e. The summed E-state index contributed by atoms with van der Waals surface area (Å²) in [6, 6.07) is 1.83. The molecule has 0 saturated carbocycles. The van der Waals surface area contributed by atoms with E-state index in [1.165, 1.54) is 10.6 Å². The first-order valence-corrected chi connectivity index (χ1v) is 8.65. The molecule has 3 rings (SSSR count). The summed E-state index contributed by atoms with van der Waals surface area (Å²) in [6.45, 7) is 1.08. The monoisotopic (exact) mass is 307 g/mol. The Bertz CT molecular complexity index is 697. The van der Waals surface area contributed by atoms with Gasteiger partial charge in [-0.1, -0.05) is 0 Å². The SMILES string of the molecule is CS(=O)(=O)N1CCCC(c2cnc(-c3ccn[nH]3)cn2)C1. The van der Waals surface area contributed by atoms with Gasteiger partial charge in [0.15, 0.2) is 0 Å². The van der Waals surface area contributed by atoms with Gasteiger partial charge in [-0.2, -0.15) is 5.10 Å². The summed E-state index contributed by atoms with van der Waals surface area (Å²) >= 11 is 0. The average molecular weight is 307 g/mol. The highest BCUT2D eigenvalue weighted by Crippen LogP contribution is 2.27. The van der Waals surface area contributed by atoms with E-state index < -0.39 is 10.0 Å². The van der Waals surface area contributed by atoms with E-state index in [1.54, 1.807) is 18.6 Å². The van der Waals surface area contributed by atoms with Crippen molar-refractivity contribution in [2.24, 2.45) is 0 Å². The van der Waals surface area contributed by atoms with Crippen LogP contribution in [0.4, 0.5) is 0 Å². The van der Waals surface area contributed by atoms with Crippen molar-refractivity contribution < 1.29 is 8.42 Å². The Balaban J connectivity index is 1.78. The van der Waals surface area contributed by atoms with Gasteiger partial charge >= 0.3 is 0 Å². The highest BCUT2D eigenvalue weighted by molar-refractivity contribution is 7.88. The molecule has 1 atom stereocenters. The Labute approximate surface area is 123 Å². The largest absolute Gasteiger partial charge is 0.276 e. The molecule has 2 aromatic heterocycles. The van der Waals surface area contributed by atoms with Crippen molar-refractivity contribution in [1.29, 1.82) is 0 Å². The fourth-order valence-electron chi connectivity index (χ4n) is 2.57. The first-order chi connectivity index (χ1) is 10.0. The lowest BCUT2D eigenvalue weighted by Gasteiger charge is -2.30. The summed E-state index contributed by atoms with van der Waals surface area (Å²) in [5, 5.41) is 6.72. The second-order valence-corrected chi connectivity index (χ2v) is 7.24. The quantitative estimate of drug-likeness (QED) is 0.913. The van der Waals surface area contributed by atoms with Gasteiger partial charge in [-0.25, -0.2) is 12.7 Å².